The van der Waals surface area contributed by atoms with Gasteiger partial charge in [0, 0.05) is 11.8 Å². The van der Waals surface area contributed by atoms with Crippen LogP contribution in [0.15, 0.2) is 41.2 Å². The molecule has 0 amide bonds. The van der Waals surface area contributed by atoms with Gasteiger partial charge in [-0.3, -0.25) is 4.79 Å². The van der Waals surface area contributed by atoms with E-state index in [2.05, 4.69) is 9.72 Å². The maximum Gasteiger partial charge on any atom is 0.339 e. The molecule has 0 aliphatic carbocycles. The second kappa shape index (κ2) is 5.06. The van der Waals surface area contributed by atoms with E-state index in [-0.39, 0.29) is 11.1 Å². The standard InChI is InChI=1S/C13H10ClNO3/c1-18-13(17)9-7-8(5-6-10(9)14)11-3-2-4-12(16)15-11/h2-7H,1H3,(H,15,16). The molecular weight excluding hydrogens is 254 g/mol. The van der Waals surface area contributed by atoms with Gasteiger partial charge in [-0.2, -0.15) is 0 Å². The fourth-order valence-electron chi connectivity index (χ4n) is 1.58. The number of methoxy groups -OCH3 is 1. The maximum absolute atomic E-state index is 11.5. The van der Waals surface area contributed by atoms with Gasteiger partial charge in [0.25, 0.3) is 0 Å². The summed E-state index contributed by atoms with van der Waals surface area (Å²) in [5, 5.41) is 0.309. The lowest BCUT2D eigenvalue weighted by atomic mass is 10.1. The second-order valence-corrected chi connectivity index (χ2v) is 4.02. The van der Waals surface area contributed by atoms with Crippen molar-refractivity contribution in [3.05, 3.63) is 57.3 Å². The third-order valence-corrected chi connectivity index (χ3v) is 2.78. The number of rotatable bonds is 2. The van der Waals surface area contributed by atoms with Crippen LogP contribution < -0.4 is 5.56 Å². The van der Waals surface area contributed by atoms with E-state index in [1.165, 1.54) is 13.2 Å². The largest absolute Gasteiger partial charge is 0.465 e. The van der Waals surface area contributed by atoms with Crippen molar-refractivity contribution >= 4 is 17.6 Å². The molecule has 0 radical (unpaired) electrons. The summed E-state index contributed by atoms with van der Waals surface area (Å²) in [6, 6.07) is 9.70. The van der Waals surface area contributed by atoms with E-state index in [4.69, 9.17) is 11.6 Å². The molecule has 1 N–H and O–H groups in total. The summed E-state index contributed by atoms with van der Waals surface area (Å²) in [4.78, 5) is 25.4. The summed E-state index contributed by atoms with van der Waals surface area (Å²) in [5.41, 5.74) is 1.37. The smallest absolute Gasteiger partial charge is 0.339 e. The molecule has 2 rings (SSSR count). The van der Waals surface area contributed by atoms with E-state index in [1.54, 1.807) is 30.3 Å². The molecule has 1 aromatic carbocycles. The Kier molecular flexibility index (Phi) is 3.48. The Morgan fingerprint density at radius 3 is 2.72 bits per heavy atom. The third-order valence-electron chi connectivity index (χ3n) is 2.45. The van der Waals surface area contributed by atoms with E-state index in [0.29, 0.717) is 16.3 Å². The highest BCUT2D eigenvalue weighted by atomic mass is 35.5. The number of halogens is 1. The summed E-state index contributed by atoms with van der Waals surface area (Å²) >= 11 is 5.92. The average molecular weight is 264 g/mol. The number of aromatic amines is 1. The highest BCUT2D eigenvalue weighted by Crippen LogP contribution is 2.23. The van der Waals surface area contributed by atoms with Gasteiger partial charge in [0.05, 0.1) is 17.7 Å². The van der Waals surface area contributed by atoms with Crippen molar-refractivity contribution in [2.24, 2.45) is 0 Å². The minimum atomic E-state index is -0.514. The van der Waals surface area contributed by atoms with Crippen LogP contribution >= 0.6 is 11.6 Å². The van der Waals surface area contributed by atoms with E-state index in [9.17, 15) is 9.59 Å². The molecule has 0 fully saturated rings. The Hall–Kier alpha value is -2.07. The average Bonchev–Trinajstić information content (AvgIpc) is 2.38. The molecule has 0 unspecified atom stereocenters. The van der Waals surface area contributed by atoms with Crippen molar-refractivity contribution in [3.63, 3.8) is 0 Å². The number of hydrogen-bond donors (Lipinski definition) is 1. The normalized spacial score (nSPS) is 10.1. The fourth-order valence-corrected chi connectivity index (χ4v) is 1.77. The zero-order valence-electron chi connectivity index (χ0n) is 9.57. The van der Waals surface area contributed by atoms with Gasteiger partial charge in [-0.1, -0.05) is 23.7 Å². The van der Waals surface area contributed by atoms with Crippen molar-refractivity contribution < 1.29 is 9.53 Å². The highest BCUT2D eigenvalue weighted by molar-refractivity contribution is 6.33. The third kappa shape index (κ3) is 2.43. The van der Waals surface area contributed by atoms with Gasteiger partial charge in [-0.25, -0.2) is 4.79 Å². The molecule has 18 heavy (non-hydrogen) atoms. The van der Waals surface area contributed by atoms with Crippen molar-refractivity contribution in [1.82, 2.24) is 4.98 Å². The van der Waals surface area contributed by atoms with Gasteiger partial charge in [0.2, 0.25) is 5.56 Å². The van der Waals surface area contributed by atoms with Crippen LogP contribution in [0.5, 0.6) is 0 Å². The Bertz CT molecular complexity index is 649. The first-order valence-corrected chi connectivity index (χ1v) is 5.57. The number of esters is 1. The van der Waals surface area contributed by atoms with E-state index >= 15 is 0 Å². The van der Waals surface area contributed by atoms with E-state index < -0.39 is 5.97 Å². The van der Waals surface area contributed by atoms with Crippen LogP contribution in [0.3, 0.4) is 0 Å². The lowest BCUT2D eigenvalue weighted by Crippen LogP contribution is -2.05. The molecule has 0 aliphatic heterocycles. The second-order valence-electron chi connectivity index (χ2n) is 3.61. The molecule has 4 nitrogen and oxygen atoms in total. The van der Waals surface area contributed by atoms with Gasteiger partial charge in [-0.05, 0) is 23.8 Å². The van der Waals surface area contributed by atoms with Crippen LogP contribution in [-0.4, -0.2) is 18.1 Å². The fraction of sp³-hybridized carbons (Fsp3) is 0.0769. The van der Waals surface area contributed by atoms with Crippen molar-refractivity contribution in [2.45, 2.75) is 0 Å². The highest BCUT2D eigenvalue weighted by Gasteiger charge is 2.12. The van der Waals surface area contributed by atoms with Gasteiger partial charge >= 0.3 is 5.97 Å². The summed E-state index contributed by atoms with van der Waals surface area (Å²) < 4.78 is 4.64. The topological polar surface area (TPSA) is 59.2 Å². The van der Waals surface area contributed by atoms with Gasteiger partial charge < -0.3 is 9.72 Å². The van der Waals surface area contributed by atoms with Crippen LogP contribution in [0.1, 0.15) is 10.4 Å². The number of ether oxygens (including phenoxy) is 1. The number of H-pyrrole nitrogens is 1. The number of nitrogens with one attached hydrogen (secondary N) is 1. The molecule has 5 heteroatoms. The van der Waals surface area contributed by atoms with Gasteiger partial charge in [0.1, 0.15) is 0 Å². The molecule has 0 aliphatic rings. The molecule has 0 bridgehead atoms. The number of pyridine rings is 1. The Morgan fingerprint density at radius 1 is 1.28 bits per heavy atom. The number of carbonyl (C=O) groups excluding carboxylic acids is 1. The minimum absolute atomic E-state index is 0.206. The SMILES string of the molecule is COC(=O)c1cc(-c2cccc(=O)[nH]2)ccc1Cl. The summed E-state index contributed by atoms with van der Waals surface area (Å²) in [7, 11) is 1.29. The first kappa shape index (κ1) is 12.4. The Labute approximate surface area is 108 Å². The van der Waals surface area contributed by atoms with Crippen molar-refractivity contribution in [1.29, 1.82) is 0 Å². The van der Waals surface area contributed by atoms with Crippen molar-refractivity contribution in [3.8, 4) is 11.3 Å². The van der Waals surface area contributed by atoms with Crippen LogP contribution in [0.2, 0.25) is 5.02 Å². The maximum atomic E-state index is 11.5. The molecule has 0 spiro atoms. The monoisotopic (exact) mass is 263 g/mol. The molecule has 0 saturated carbocycles. The van der Waals surface area contributed by atoms with Crippen LogP contribution in [0, 0.1) is 0 Å². The van der Waals surface area contributed by atoms with Crippen LogP contribution in [-0.2, 0) is 4.74 Å². The summed E-state index contributed by atoms with van der Waals surface area (Å²) in [6.07, 6.45) is 0. The summed E-state index contributed by atoms with van der Waals surface area (Å²) in [5.74, 6) is -0.514. The lowest BCUT2D eigenvalue weighted by Gasteiger charge is -2.06. The quantitative estimate of drug-likeness (QED) is 0.847. The molecule has 0 atom stereocenters. The zero-order valence-corrected chi connectivity index (χ0v) is 10.3. The molecule has 1 heterocycles. The molecule has 1 aromatic heterocycles. The number of carbonyl (C=O) groups is 1. The van der Waals surface area contributed by atoms with Crippen LogP contribution in [0.4, 0.5) is 0 Å². The van der Waals surface area contributed by atoms with E-state index in [1.807, 2.05) is 0 Å². The number of benzene rings is 1. The van der Waals surface area contributed by atoms with Gasteiger partial charge in [0.15, 0.2) is 0 Å². The predicted octanol–water partition coefficient (Wildman–Crippen LogP) is 2.48. The lowest BCUT2D eigenvalue weighted by molar-refractivity contribution is 0.0601. The Morgan fingerprint density at radius 2 is 2.06 bits per heavy atom. The molecule has 92 valence electrons. The first-order chi connectivity index (χ1) is 8.61. The minimum Gasteiger partial charge on any atom is -0.465 e. The first-order valence-electron chi connectivity index (χ1n) is 5.19. The number of aromatic nitrogens is 1. The molecule has 0 saturated heterocycles. The number of hydrogen-bond acceptors (Lipinski definition) is 3. The molecular formula is C13H10ClNO3. The van der Waals surface area contributed by atoms with Crippen LogP contribution in [0.25, 0.3) is 11.3 Å². The predicted molar refractivity (Wildman–Crippen MR) is 68.8 cm³/mol. The summed E-state index contributed by atoms with van der Waals surface area (Å²) in [6.45, 7) is 0. The van der Waals surface area contributed by atoms with Gasteiger partial charge in [-0.15, -0.1) is 0 Å². The zero-order chi connectivity index (χ0) is 13.1. The van der Waals surface area contributed by atoms with E-state index in [0.717, 1.165) is 0 Å². The van der Waals surface area contributed by atoms with Crippen molar-refractivity contribution in [2.75, 3.05) is 7.11 Å². The molecule has 2 aromatic rings. The Balaban J connectivity index is 2.53.